The second-order valence-corrected chi connectivity index (χ2v) is 6.79. The van der Waals surface area contributed by atoms with Crippen LogP contribution in [0.25, 0.3) is 0 Å². The summed E-state index contributed by atoms with van der Waals surface area (Å²) in [6.07, 6.45) is 0.759. The van der Waals surface area contributed by atoms with Crippen LogP contribution in [-0.4, -0.2) is 32.1 Å². The molecule has 0 fully saturated rings. The van der Waals surface area contributed by atoms with E-state index in [9.17, 15) is 9.59 Å². The van der Waals surface area contributed by atoms with E-state index in [0.717, 1.165) is 22.1 Å². The Kier molecular flexibility index (Phi) is 5.46. The molecule has 0 bridgehead atoms. The highest BCUT2D eigenvalue weighted by atomic mass is 79.9. The molecular formula is C19H19BrN2O4. The van der Waals surface area contributed by atoms with E-state index in [1.165, 1.54) is 6.92 Å². The summed E-state index contributed by atoms with van der Waals surface area (Å²) in [7, 11) is 1.55. The van der Waals surface area contributed by atoms with E-state index in [1.54, 1.807) is 30.2 Å². The molecule has 26 heavy (non-hydrogen) atoms. The molecule has 2 aromatic rings. The molecule has 2 aromatic carbocycles. The lowest BCUT2D eigenvalue weighted by Gasteiger charge is -2.19. The number of ether oxygens (including phenoxy) is 2. The molecule has 0 saturated heterocycles. The topological polar surface area (TPSA) is 67.9 Å². The Morgan fingerprint density at radius 2 is 1.96 bits per heavy atom. The molecule has 0 radical (unpaired) electrons. The predicted octanol–water partition coefficient (Wildman–Crippen LogP) is 3.38. The number of halogens is 1. The van der Waals surface area contributed by atoms with Crippen LogP contribution >= 0.6 is 15.9 Å². The van der Waals surface area contributed by atoms with Gasteiger partial charge in [-0.25, -0.2) is 0 Å². The number of hydrogen-bond acceptors (Lipinski definition) is 4. The van der Waals surface area contributed by atoms with E-state index in [4.69, 9.17) is 9.47 Å². The number of methoxy groups -OCH3 is 1. The Morgan fingerprint density at radius 1 is 1.23 bits per heavy atom. The van der Waals surface area contributed by atoms with E-state index in [-0.39, 0.29) is 18.4 Å². The van der Waals surface area contributed by atoms with Gasteiger partial charge in [0.25, 0.3) is 5.91 Å². The molecule has 6 nitrogen and oxygen atoms in total. The summed E-state index contributed by atoms with van der Waals surface area (Å²) in [4.78, 5) is 25.9. The summed E-state index contributed by atoms with van der Waals surface area (Å²) in [6, 6.07) is 10.9. The van der Waals surface area contributed by atoms with Crippen molar-refractivity contribution in [2.24, 2.45) is 0 Å². The highest BCUT2D eigenvalue weighted by Crippen LogP contribution is 2.38. The molecule has 0 atom stereocenters. The fourth-order valence-electron chi connectivity index (χ4n) is 2.99. The third kappa shape index (κ3) is 3.83. The van der Waals surface area contributed by atoms with Crippen molar-refractivity contribution < 1.29 is 19.1 Å². The molecule has 0 spiro atoms. The van der Waals surface area contributed by atoms with Crippen LogP contribution in [0.2, 0.25) is 0 Å². The van der Waals surface area contributed by atoms with Crippen LogP contribution < -0.4 is 19.7 Å². The van der Waals surface area contributed by atoms with Gasteiger partial charge in [-0.3, -0.25) is 9.59 Å². The van der Waals surface area contributed by atoms with E-state index >= 15 is 0 Å². The van der Waals surface area contributed by atoms with E-state index in [1.807, 2.05) is 18.2 Å². The summed E-state index contributed by atoms with van der Waals surface area (Å²) in [5.74, 6) is 0.694. The van der Waals surface area contributed by atoms with Crippen LogP contribution in [0, 0.1) is 0 Å². The Labute approximate surface area is 160 Å². The number of nitrogens with zero attached hydrogens (tertiary/aromatic N) is 1. The van der Waals surface area contributed by atoms with Gasteiger partial charge in [0.15, 0.2) is 18.1 Å². The highest BCUT2D eigenvalue weighted by Gasteiger charge is 2.26. The third-order valence-corrected chi connectivity index (χ3v) is 4.57. The van der Waals surface area contributed by atoms with Gasteiger partial charge in [-0.1, -0.05) is 28.1 Å². The Balaban J connectivity index is 1.75. The number of carbonyl (C=O) groups excluding carboxylic acids is 2. The zero-order chi connectivity index (χ0) is 18.7. The number of benzene rings is 2. The molecule has 0 aromatic heterocycles. The summed E-state index contributed by atoms with van der Waals surface area (Å²) in [5.41, 5.74) is 2.37. The second kappa shape index (κ2) is 7.78. The zero-order valence-electron chi connectivity index (χ0n) is 14.5. The molecule has 1 heterocycles. The first-order chi connectivity index (χ1) is 12.5. The van der Waals surface area contributed by atoms with Gasteiger partial charge in [0.05, 0.1) is 18.5 Å². The standard InChI is InChI=1S/C19H19BrN2O4/c1-12(23)22-8-7-13-9-14(20)10-15(19(13)22)21-18(24)11-26-17-6-4-3-5-16(17)25-2/h3-6,9-10H,7-8,11H2,1-2H3,(H,21,24). The SMILES string of the molecule is COc1ccccc1OCC(=O)Nc1cc(Br)cc2c1N(C(C)=O)CC2. The second-order valence-electron chi connectivity index (χ2n) is 5.87. The van der Waals surface area contributed by atoms with Gasteiger partial charge in [0.1, 0.15) is 0 Å². The van der Waals surface area contributed by atoms with Gasteiger partial charge in [0.2, 0.25) is 5.91 Å². The minimum Gasteiger partial charge on any atom is -0.493 e. The minimum absolute atomic E-state index is 0.0492. The molecule has 0 unspecified atom stereocenters. The first kappa shape index (κ1) is 18.3. The van der Waals surface area contributed by atoms with Crippen LogP contribution in [0.5, 0.6) is 11.5 Å². The number of amides is 2. The van der Waals surface area contributed by atoms with Crippen molar-refractivity contribution in [3.8, 4) is 11.5 Å². The van der Waals surface area contributed by atoms with Gasteiger partial charge in [-0.2, -0.15) is 0 Å². The summed E-state index contributed by atoms with van der Waals surface area (Å²) in [6.45, 7) is 1.97. The van der Waals surface area contributed by atoms with Crippen molar-refractivity contribution in [1.82, 2.24) is 0 Å². The van der Waals surface area contributed by atoms with Crippen molar-refractivity contribution in [3.63, 3.8) is 0 Å². The van der Waals surface area contributed by atoms with Gasteiger partial charge in [0, 0.05) is 17.9 Å². The summed E-state index contributed by atoms with van der Waals surface area (Å²) >= 11 is 3.45. The van der Waals surface area contributed by atoms with Gasteiger partial charge in [-0.05, 0) is 36.2 Å². The average Bonchev–Trinajstić information content (AvgIpc) is 3.04. The number of para-hydroxylation sites is 2. The number of nitrogens with one attached hydrogen (secondary N) is 1. The van der Waals surface area contributed by atoms with Gasteiger partial charge >= 0.3 is 0 Å². The van der Waals surface area contributed by atoms with Crippen LogP contribution in [-0.2, 0) is 16.0 Å². The average molecular weight is 419 g/mol. The largest absolute Gasteiger partial charge is 0.493 e. The van der Waals surface area contributed by atoms with Crippen molar-refractivity contribution in [2.75, 3.05) is 30.5 Å². The van der Waals surface area contributed by atoms with Crippen molar-refractivity contribution in [2.45, 2.75) is 13.3 Å². The molecule has 2 amide bonds. The first-order valence-corrected chi connectivity index (χ1v) is 8.95. The lowest BCUT2D eigenvalue weighted by Crippen LogP contribution is -2.28. The smallest absolute Gasteiger partial charge is 0.262 e. The molecule has 1 aliphatic heterocycles. The first-order valence-electron chi connectivity index (χ1n) is 8.16. The zero-order valence-corrected chi connectivity index (χ0v) is 16.1. The predicted molar refractivity (Wildman–Crippen MR) is 103 cm³/mol. The Hall–Kier alpha value is -2.54. The number of fused-ring (bicyclic) bond motifs is 1. The Bertz CT molecular complexity index is 853. The molecule has 136 valence electrons. The number of hydrogen-bond donors (Lipinski definition) is 1. The molecule has 0 saturated carbocycles. The Morgan fingerprint density at radius 3 is 2.65 bits per heavy atom. The summed E-state index contributed by atoms with van der Waals surface area (Å²) in [5, 5.41) is 2.85. The number of carbonyl (C=O) groups is 2. The lowest BCUT2D eigenvalue weighted by atomic mass is 10.1. The quantitative estimate of drug-likeness (QED) is 0.807. The van der Waals surface area contributed by atoms with E-state index in [0.29, 0.717) is 23.7 Å². The molecule has 0 aliphatic carbocycles. The molecular weight excluding hydrogens is 400 g/mol. The highest BCUT2D eigenvalue weighted by molar-refractivity contribution is 9.10. The van der Waals surface area contributed by atoms with Crippen LogP contribution in [0.15, 0.2) is 40.9 Å². The van der Waals surface area contributed by atoms with Gasteiger partial charge in [-0.15, -0.1) is 0 Å². The van der Waals surface area contributed by atoms with Crippen LogP contribution in [0.3, 0.4) is 0 Å². The third-order valence-electron chi connectivity index (χ3n) is 4.11. The number of anilines is 2. The summed E-state index contributed by atoms with van der Waals surface area (Å²) < 4.78 is 11.6. The van der Waals surface area contributed by atoms with Crippen LogP contribution in [0.1, 0.15) is 12.5 Å². The maximum absolute atomic E-state index is 12.4. The molecule has 3 rings (SSSR count). The fraction of sp³-hybridized carbons (Fsp3) is 0.263. The molecule has 7 heteroatoms. The van der Waals surface area contributed by atoms with Crippen molar-refractivity contribution in [1.29, 1.82) is 0 Å². The van der Waals surface area contributed by atoms with E-state index < -0.39 is 0 Å². The van der Waals surface area contributed by atoms with Gasteiger partial charge < -0.3 is 19.7 Å². The van der Waals surface area contributed by atoms with Crippen molar-refractivity contribution in [3.05, 3.63) is 46.4 Å². The maximum atomic E-state index is 12.4. The monoisotopic (exact) mass is 418 g/mol. The normalized spacial score (nSPS) is 12.5. The lowest BCUT2D eigenvalue weighted by molar-refractivity contribution is -0.118. The fourth-order valence-corrected chi connectivity index (χ4v) is 3.49. The molecule has 1 N–H and O–H groups in total. The van der Waals surface area contributed by atoms with Crippen LogP contribution in [0.4, 0.5) is 11.4 Å². The maximum Gasteiger partial charge on any atom is 0.262 e. The van der Waals surface area contributed by atoms with Crippen molar-refractivity contribution >= 4 is 39.1 Å². The molecule has 1 aliphatic rings. The minimum atomic E-state index is -0.313. The number of rotatable bonds is 5. The van der Waals surface area contributed by atoms with E-state index in [2.05, 4.69) is 21.2 Å².